The van der Waals surface area contributed by atoms with Crippen molar-refractivity contribution in [3.63, 3.8) is 0 Å². The minimum absolute atomic E-state index is 0.0340. The minimum Gasteiger partial charge on any atom is -0.355 e. The maximum atomic E-state index is 13.3. The third-order valence-corrected chi connectivity index (χ3v) is 6.05. The molecule has 3 rings (SSSR count). The van der Waals surface area contributed by atoms with Gasteiger partial charge in [-0.15, -0.1) is 0 Å². The van der Waals surface area contributed by atoms with E-state index in [4.69, 9.17) is 0 Å². The molecule has 0 radical (unpaired) electrons. The van der Waals surface area contributed by atoms with Crippen molar-refractivity contribution < 1.29 is 21.6 Å². The van der Waals surface area contributed by atoms with Gasteiger partial charge < -0.3 is 4.90 Å². The van der Waals surface area contributed by atoms with Gasteiger partial charge in [0.25, 0.3) is 0 Å². The van der Waals surface area contributed by atoms with Gasteiger partial charge in [-0.25, -0.2) is 18.4 Å². The Morgan fingerprint density at radius 3 is 2.50 bits per heavy atom. The molecule has 0 bridgehead atoms. The van der Waals surface area contributed by atoms with Gasteiger partial charge in [0.1, 0.15) is 12.1 Å². The number of hydrogen-bond donors (Lipinski definition) is 0. The molecule has 1 aromatic carbocycles. The molecular formula is C17H20F3N3O2S. The fourth-order valence-electron chi connectivity index (χ4n) is 3.65. The lowest BCUT2D eigenvalue weighted by Crippen LogP contribution is -2.51. The first-order valence-corrected chi connectivity index (χ1v) is 10.1. The zero-order valence-corrected chi connectivity index (χ0v) is 15.5. The van der Waals surface area contributed by atoms with Gasteiger partial charge in [-0.2, -0.15) is 13.2 Å². The second-order valence-corrected chi connectivity index (χ2v) is 9.46. The van der Waals surface area contributed by atoms with E-state index in [0.717, 1.165) is 6.26 Å². The molecule has 2 heterocycles. The summed E-state index contributed by atoms with van der Waals surface area (Å²) in [6.45, 7) is 3.57. The van der Waals surface area contributed by atoms with Gasteiger partial charge in [0.2, 0.25) is 0 Å². The number of fused-ring (bicyclic) bond motifs is 1. The summed E-state index contributed by atoms with van der Waals surface area (Å²) < 4.78 is 63.6. The number of sulfone groups is 1. The van der Waals surface area contributed by atoms with E-state index in [1.54, 1.807) is 24.8 Å². The number of aromatic nitrogens is 2. The smallest absolute Gasteiger partial charge is 0.355 e. The van der Waals surface area contributed by atoms with E-state index in [1.807, 2.05) is 0 Å². The van der Waals surface area contributed by atoms with Crippen LogP contribution in [0.5, 0.6) is 0 Å². The van der Waals surface area contributed by atoms with Crippen molar-refractivity contribution in [1.29, 1.82) is 0 Å². The van der Waals surface area contributed by atoms with Crippen molar-refractivity contribution in [2.75, 3.05) is 24.2 Å². The molecule has 1 atom stereocenters. The quantitative estimate of drug-likeness (QED) is 0.790. The van der Waals surface area contributed by atoms with Crippen LogP contribution in [0.1, 0.15) is 20.3 Å². The highest BCUT2D eigenvalue weighted by Gasteiger charge is 2.51. The van der Waals surface area contributed by atoms with Gasteiger partial charge >= 0.3 is 6.18 Å². The number of benzene rings is 1. The highest BCUT2D eigenvalue weighted by atomic mass is 32.2. The molecule has 0 amide bonds. The van der Waals surface area contributed by atoms with E-state index in [-0.39, 0.29) is 24.4 Å². The molecule has 1 aliphatic heterocycles. The van der Waals surface area contributed by atoms with Crippen LogP contribution < -0.4 is 4.90 Å². The van der Waals surface area contributed by atoms with E-state index in [1.165, 1.54) is 18.5 Å². The van der Waals surface area contributed by atoms with Crippen molar-refractivity contribution in [2.45, 2.75) is 31.3 Å². The summed E-state index contributed by atoms with van der Waals surface area (Å²) in [5, 5.41) is 0.525. The Bertz CT molecular complexity index is 942. The Kier molecular flexibility index (Phi) is 4.41. The molecule has 1 fully saturated rings. The van der Waals surface area contributed by atoms with Crippen LogP contribution in [0.3, 0.4) is 0 Å². The predicted molar refractivity (Wildman–Crippen MR) is 92.8 cm³/mol. The van der Waals surface area contributed by atoms with E-state index < -0.39 is 27.3 Å². The standard InChI is InChI=1S/C17H20F3N3O2S/c1-16(2)9-23(7-6-14(16)17(18,19)20)15-12-8-11(26(3,24)25)4-5-13(12)21-10-22-15/h4-5,8,10,14H,6-7,9H2,1-3H3. The number of rotatable bonds is 2. The highest BCUT2D eigenvalue weighted by molar-refractivity contribution is 7.90. The molecule has 5 nitrogen and oxygen atoms in total. The minimum atomic E-state index is -4.24. The second-order valence-electron chi connectivity index (χ2n) is 7.44. The van der Waals surface area contributed by atoms with Gasteiger partial charge in [-0.1, -0.05) is 13.8 Å². The fraction of sp³-hybridized carbons (Fsp3) is 0.529. The Hall–Kier alpha value is -1.90. The molecule has 0 saturated carbocycles. The monoisotopic (exact) mass is 387 g/mol. The molecule has 1 aromatic heterocycles. The number of alkyl halides is 3. The van der Waals surface area contributed by atoms with E-state index >= 15 is 0 Å². The third kappa shape index (κ3) is 3.49. The fourth-order valence-corrected chi connectivity index (χ4v) is 4.30. The van der Waals surface area contributed by atoms with Crippen LogP contribution in [0.25, 0.3) is 10.9 Å². The first kappa shape index (κ1) is 18.9. The largest absolute Gasteiger partial charge is 0.392 e. The van der Waals surface area contributed by atoms with Gasteiger partial charge in [-0.05, 0) is 30.0 Å². The third-order valence-electron chi connectivity index (χ3n) is 4.94. The molecule has 1 unspecified atom stereocenters. The van der Waals surface area contributed by atoms with E-state index in [0.29, 0.717) is 16.7 Å². The summed E-state index contributed by atoms with van der Waals surface area (Å²) in [5.41, 5.74) is -0.430. The molecule has 0 N–H and O–H groups in total. The Labute approximate surface area is 150 Å². The molecule has 1 aliphatic rings. The van der Waals surface area contributed by atoms with Crippen LogP contribution in [0, 0.1) is 11.3 Å². The first-order chi connectivity index (χ1) is 11.9. The molecule has 0 spiro atoms. The van der Waals surface area contributed by atoms with Crippen molar-refractivity contribution in [2.24, 2.45) is 11.3 Å². The number of hydrogen-bond acceptors (Lipinski definition) is 5. The van der Waals surface area contributed by atoms with E-state index in [9.17, 15) is 21.6 Å². The molecule has 142 valence electrons. The van der Waals surface area contributed by atoms with Crippen LogP contribution in [-0.4, -0.2) is 43.9 Å². The van der Waals surface area contributed by atoms with Gasteiger partial charge in [0, 0.05) is 24.7 Å². The number of anilines is 1. The van der Waals surface area contributed by atoms with Crippen LogP contribution in [0.2, 0.25) is 0 Å². The number of piperidine rings is 1. The van der Waals surface area contributed by atoms with E-state index in [2.05, 4.69) is 9.97 Å². The van der Waals surface area contributed by atoms with Gasteiger partial charge in [-0.3, -0.25) is 0 Å². The maximum absolute atomic E-state index is 13.3. The second kappa shape index (κ2) is 6.07. The van der Waals surface area contributed by atoms with Crippen molar-refractivity contribution >= 4 is 26.6 Å². The molecule has 2 aromatic rings. The summed E-state index contributed by atoms with van der Waals surface area (Å²) in [6.07, 6.45) is -1.82. The summed E-state index contributed by atoms with van der Waals surface area (Å²) in [4.78, 5) is 10.3. The van der Waals surface area contributed by atoms with Crippen molar-refractivity contribution in [1.82, 2.24) is 9.97 Å². The average molecular weight is 387 g/mol. The maximum Gasteiger partial charge on any atom is 0.392 e. The van der Waals surface area contributed by atoms with Gasteiger partial charge in [0.05, 0.1) is 16.3 Å². The Morgan fingerprint density at radius 1 is 1.23 bits per heavy atom. The topological polar surface area (TPSA) is 63.2 Å². The van der Waals surface area contributed by atoms with Crippen molar-refractivity contribution in [3.8, 4) is 0 Å². The van der Waals surface area contributed by atoms with Crippen molar-refractivity contribution in [3.05, 3.63) is 24.5 Å². The number of nitrogens with zero attached hydrogens (tertiary/aromatic N) is 3. The average Bonchev–Trinajstić information content (AvgIpc) is 2.50. The summed E-state index contributed by atoms with van der Waals surface area (Å²) in [5.74, 6) is -0.917. The summed E-state index contributed by atoms with van der Waals surface area (Å²) in [6, 6.07) is 4.54. The van der Waals surface area contributed by atoms with Crippen LogP contribution >= 0.6 is 0 Å². The predicted octanol–water partition coefficient (Wildman–Crippen LogP) is 3.45. The zero-order chi connectivity index (χ0) is 19.3. The molecule has 0 aliphatic carbocycles. The lowest BCUT2D eigenvalue weighted by Gasteiger charge is -2.45. The molecule has 26 heavy (non-hydrogen) atoms. The van der Waals surface area contributed by atoms with Crippen LogP contribution in [0.4, 0.5) is 19.0 Å². The lowest BCUT2D eigenvalue weighted by molar-refractivity contribution is -0.206. The normalized spacial score (nSPS) is 21.2. The van der Waals surface area contributed by atoms with Gasteiger partial charge in [0.15, 0.2) is 9.84 Å². The summed E-state index contributed by atoms with van der Waals surface area (Å²) >= 11 is 0. The lowest BCUT2D eigenvalue weighted by atomic mass is 9.73. The Balaban J connectivity index is 2.04. The molecular weight excluding hydrogens is 367 g/mol. The summed E-state index contributed by atoms with van der Waals surface area (Å²) in [7, 11) is -3.42. The van der Waals surface area contributed by atoms with Crippen LogP contribution in [-0.2, 0) is 9.84 Å². The molecule has 1 saturated heterocycles. The zero-order valence-electron chi connectivity index (χ0n) is 14.7. The Morgan fingerprint density at radius 2 is 1.92 bits per heavy atom. The SMILES string of the molecule is CC1(C)CN(c2ncnc3ccc(S(C)(=O)=O)cc23)CCC1C(F)(F)F. The van der Waals surface area contributed by atoms with Crippen LogP contribution in [0.15, 0.2) is 29.4 Å². The number of halogens is 3. The highest BCUT2D eigenvalue weighted by Crippen LogP contribution is 2.46. The molecule has 9 heteroatoms. The first-order valence-electron chi connectivity index (χ1n) is 8.16.